The summed E-state index contributed by atoms with van der Waals surface area (Å²) in [5.74, 6) is 0.643. The summed E-state index contributed by atoms with van der Waals surface area (Å²) in [6, 6.07) is 14.7. The number of aliphatic hydroxyl groups is 1. The Balaban J connectivity index is 1.59. The van der Waals surface area contributed by atoms with E-state index in [9.17, 15) is 14.7 Å². The molecule has 1 spiro atoms. The van der Waals surface area contributed by atoms with Gasteiger partial charge in [-0.15, -0.1) is 0 Å². The van der Waals surface area contributed by atoms with Crippen LogP contribution in [-0.4, -0.2) is 71.2 Å². The lowest BCUT2D eigenvalue weighted by Gasteiger charge is -2.50. The van der Waals surface area contributed by atoms with Crippen LogP contribution in [0, 0.1) is 0 Å². The third kappa shape index (κ3) is 4.09. The van der Waals surface area contributed by atoms with Crippen molar-refractivity contribution in [3.63, 3.8) is 0 Å². The Hall–Kier alpha value is -3.52. The van der Waals surface area contributed by atoms with Crippen LogP contribution in [0.25, 0.3) is 10.9 Å². The minimum Gasteiger partial charge on any atom is -0.497 e. The molecule has 0 radical (unpaired) electrons. The quantitative estimate of drug-likeness (QED) is 0.518. The number of methoxy groups -OCH3 is 1. The van der Waals surface area contributed by atoms with Gasteiger partial charge in [0.15, 0.2) is 0 Å². The number of hydrogen-bond donors (Lipinski definition) is 3. The van der Waals surface area contributed by atoms with E-state index in [0.717, 1.165) is 40.8 Å². The zero-order valence-corrected chi connectivity index (χ0v) is 21.1. The van der Waals surface area contributed by atoms with Gasteiger partial charge >= 0.3 is 6.03 Å². The molecule has 190 valence electrons. The van der Waals surface area contributed by atoms with Crippen LogP contribution in [0.2, 0.25) is 0 Å². The number of nitrogens with one attached hydrogen (secondary N) is 2. The average Bonchev–Trinajstić information content (AvgIpc) is 3.28. The molecule has 3 N–H and O–H groups in total. The number of piperidine rings is 1. The Labute approximate surface area is 211 Å². The second-order valence-corrected chi connectivity index (χ2v) is 10.2. The molecule has 0 aliphatic carbocycles. The normalized spacial score (nSPS) is 19.0. The highest BCUT2D eigenvalue weighted by Gasteiger charge is 2.49. The molecule has 3 amide bonds. The number of H-pyrrole nitrogens is 1. The standard InChI is InChI=1S/C28H34N4O4/c1-18(2)29-27(35)31-13-11-28(12-14-31)17-32(26(34)19-7-5-4-6-8-19)23(16-33)25-24(28)21-10-9-20(36-3)15-22(21)30-25/h4-10,15,18,23,30,33H,11-14,16-17H2,1-3H3,(H,29,35)/t23-/m1/s1. The number of aliphatic hydroxyl groups excluding tert-OH is 1. The predicted octanol–water partition coefficient (Wildman–Crippen LogP) is 3.82. The number of amides is 3. The van der Waals surface area contributed by atoms with Crippen molar-refractivity contribution in [2.24, 2.45) is 0 Å². The van der Waals surface area contributed by atoms with Gasteiger partial charge in [0.2, 0.25) is 0 Å². The summed E-state index contributed by atoms with van der Waals surface area (Å²) in [4.78, 5) is 33.6. The minimum absolute atomic E-state index is 0.0509. The number of benzene rings is 2. The van der Waals surface area contributed by atoms with Gasteiger partial charge in [-0.2, -0.15) is 0 Å². The van der Waals surface area contributed by atoms with Gasteiger partial charge in [-0.3, -0.25) is 4.79 Å². The topological polar surface area (TPSA) is 97.9 Å². The summed E-state index contributed by atoms with van der Waals surface area (Å²) in [5.41, 5.74) is 3.20. The fraction of sp³-hybridized carbons (Fsp3) is 0.429. The van der Waals surface area contributed by atoms with Gasteiger partial charge in [0.25, 0.3) is 5.91 Å². The van der Waals surface area contributed by atoms with Gasteiger partial charge in [-0.1, -0.05) is 18.2 Å². The summed E-state index contributed by atoms with van der Waals surface area (Å²) in [5, 5.41) is 14.6. The van der Waals surface area contributed by atoms with Crippen molar-refractivity contribution in [1.29, 1.82) is 0 Å². The molecule has 3 heterocycles. The average molecular weight is 491 g/mol. The first-order valence-electron chi connectivity index (χ1n) is 12.6. The maximum absolute atomic E-state index is 13.7. The summed E-state index contributed by atoms with van der Waals surface area (Å²) < 4.78 is 5.45. The van der Waals surface area contributed by atoms with Crippen LogP contribution < -0.4 is 10.1 Å². The smallest absolute Gasteiger partial charge is 0.317 e. The highest BCUT2D eigenvalue weighted by Crippen LogP contribution is 2.49. The van der Waals surface area contributed by atoms with Crippen molar-refractivity contribution < 1.29 is 19.4 Å². The van der Waals surface area contributed by atoms with Crippen molar-refractivity contribution in [3.05, 3.63) is 65.4 Å². The molecule has 1 aromatic heterocycles. The van der Waals surface area contributed by atoms with Gasteiger partial charge in [-0.05, 0) is 56.5 Å². The number of urea groups is 1. The molecule has 3 aromatic rings. The minimum atomic E-state index is -0.487. The van der Waals surface area contributed by atoms with Gasteiger partial charge in [0, 0.05) is 59.3 Å². The van der Waals surface area contributed by atoms with Gasteiger partial charge in [0.1, 0.15) is 5.75 Å². The fourth-order valence-corrected chi connectivity index (χ4v) is 5.85. The molecule has 1 fully saturated rings. The Morgan fingerprint density at radius 1 is 1.17 bits per heavy atom. The number of rotatable bonds is 4. The monoisotopic (exact) mass is 490 g/mol. The van der Waals surface area contributed by atoms with E-state index in [2.05, 4.69) is 16.4 Å². The molecule has 8 nitrogen and oxygen atoms in total. The Bertz CT molecular complexity index is 1260. The molecule has 36 heavy (non-hydrogen) atoms. The SMILES string of the molecule is COc1ccc2c3c([nH]c2c1)[C@@H](CO)N(C(=O)c1ccccc1)CC31CCN(C(=O)NC(C)C)CC1. The molecule has 1 saturated heterocycles. The van der Waals surface area contributed by atoms with Crippen LogP contribution in [0.3, 0.4) is 0 Å². The van der Waals surface area contributed by atoms with E-state index < -0.39 is 6.04 Å². The first kappa shape index (κ1) is 24.2. The molecule has 2 aliphatic heterocycles. The van der Waals surface area contributed by atoms with Crippen molar-refractivity contribution in [3.8, 4) is 5.75 Å². The summed E-state index contributed by atoms with van der Waals surface area (Å²) in [6.45, 7) is 5.40. The molecule has 2 aliphatic rings. The lowest BCUT2D eigenvalue weighted by molar-refractivity contribution is 0.0366. The lowest BCUT2D eigenvalue weighted by Crippen LogP contribution is -2.57. The Morgan fingerprint density at radius 2 is 1.89 bits per heavy atom. The summed E-state index contributed by atoms with van der Waals surface area (Å²) >= 11 is 0. The molecule has 1 atom stereocenters. The fourth-order valence-electron chi connectivity index (χ4n) is 5.85. The molecule has 0 bridgehead atoms. The number of carbonyl (C=O) groups is 2. The van der Waals surface area contributed by atoms with Crippen molar-refractivity contribution in [2.75, 3.05) is 33.4 Å². The first-order chi connectivity index (χ1) is 17.4. The van der Waals surface area contributed by atoms with E-state index in [0.29, 0.717) is 25.2 Å². The van der Waals surface area contributed by atoms with E-state index in [1.165, 1.54) is 0 Å². The number of aromatic amines is 1. The van der Waals surface area contributed by atoms with Crippen LogP contribution in [0.5, 0.6) is 5.75 Å². The molecule has 0 unspecified atom stereocenters. The van der Waals surface area contributed by atoms with Gasteiger partial charge in [-0.25, -0.2) is 4.79 Å². The molecular formula is C28H34N4O4. The highest BCUT2D eigenvalue weighted by molar-refractivity contribution is 5.96. The van der Waals surface area contributed by atoms with E-state index in [-0.39, 0.29) is 30.0 Å². The molecule has 0 saturated carbocycles. The largest absolute Gasteiger partial charge is 0.497 e. The van der Waals surface area contributed by atoms with Crippen LogP contribution in [0.4, 0.5) is 4.79 Å². The maximum Gasteiger partial charge on any atom is 0.317 e. The number of carbonyl (C=O) groups excluding carboxylic acids is 2. The number of ether oxygens (including phenoxy) is 1. The van der Waals surface area contributed by atoms with Crippen molar-refractivity contribution in [2.45, 2.75) is 44.2 Å². The van der Waals surface area contributed by atoms with E-state index in [4.69, 9.17) is 4.74 Å². The lowest BCUT2D eigenvalue weighted by atomic mass is 9.68. The molecule has 8 heteroatoms. The van der Waals surface area contributed by atoms with Crippen LogP contribution in [0.15, 0.2) is 48.5 Å². The van der Waals surface area contributed by atoms with Gasteiger partial charge in [0.05, 0.1) is 19.8 Å². The third-order valence-corrected chi connectivity index (χ3v) is 7.62. The number of aromatic nitrogens is 1. The first-order valence-corrected chi connectivity index (χ1v) is 12.6. The summed E-state index contributed by atoms with van der Waals surface area (Å²) in [6.07, 6.45) is 1.45. The Morgan fingerprint density at radius 3 is 2.53 bits per heavy atom. The second-order valence-electron chi connectivity index (χ2n) is 10.2. The van der Waals surface area contributed by atoms with E-state index in [1.807, 2.05) is 66.1 Å². The molecule has 5 rings (SSSR count). The van der Waals surface area contributed by atoms with Crippen LogP contribution in [-0.2, 0) is 5.41 Å². The second kappa shape index (κ2) is 9.50. The zero-order valence-electron chi connectivity index (χ0n) is 21.1. The zero-order chi connectivity index (χ0) is 25.4. The van der Waals surface area contributed by atoms with E-state index in [1.54, 1.807) is 7.11 Å². The third-order valence-electron chi connectivity index (χ3n) is 7.62. The molecular weight excluding hydrogens is 456 g/mol. The van der Waals surface area contributed by atoms with Gasteiger partial charge < -0.3 is 29.9 Å². The number of likely N-dealkylation sites (tertiary alicyclic amines) is 1. The predicted molar refractivity (Wildman–Crippen MR) is 138 cm³/mol. The van der Waals surface area contributed by atoms with Crippen molar-refractivity contribution in [1.82, 2.24) is 20.1 Å². The highest BCUT2D eigenvalue weighted by atomic mass is 16.5. The number of nitrogens with zero attached hydrogens (tertiary/aromatic N) is 2. The molecule has 2 aromatic carbocycles. The van der Waals surface area contributed by atoms with Crippen LogP contribution in [0.1, 0.15) is 54.3 Å². The van der Waals surface area contributed by atoms with Crippen LogP contribution >= 0.6 is 0 Å². The Kier molecular flexibility index (Phi) is 6.38. The maximum atomic E-state index is 13.7. The number of fused-ring (bicyclic) bond motifs is 4. The summed E-state index contributed by atoms with van der Waals surface area (Å²) in [7, 11) is 1.64. The van der Waals surface area contributed by atoms with E-state index >= 15 is 0 Å². The number of hydrogen-bond acceptors (Lipinski definition) is 4. The van der Waals surface area contributed by atoms with Crippen molar-refractivity contribution >= 4 is 22.8 Å².